The monoisotopic (exact) mass is 318 g/mol. The molecule has 1 aliphatic rings. The molecule has 0 saturated heterocycles. The minimum atomic E-state index is -0.621. The molecule has 0 unspecified atom stereocenters. The second-order valence-corrected chi connectivity index (χ2v) is 5.75. The first-order chi connectivity index (χ1) is 11.1. The molecule has 23 heavy (non-hydrogen) atoms. The number of carbonyl (C=O) groups is 2. The summed E-state index contributed by atoms with van der Waals surface area (Å²) in [6.45, 7) is 0.846. The molecule has 0 aromatic heterocycles. The predicted octanol–water partition coefficient (Wildman–Crippen LogP) is 2.49. The van der Waals surface area contributed by atoms with Crippen LogP contribution in [0.25, 0.3) is 0 Å². The topological polar surface area (TPSA) is 58.2 Å². The summed E-state index contributed by atoms with van der Waals surface area (Å²) >= 11 is 0. The molecule has 1 aromatic rings. The third kappa shape index (κ3) is 6.22. The molecule has 4 nitrogen and oxygen atoms in total. The van der Waals surface area contributed by atoms with Crippen LogP contribution in [-0.2, 0) is 16.0 Å². The van der Waals surface area contributed by atoms with Crippen LogP contribution in [0.4, 0.5) is 4.39 Å². The van der Waals surface area contributed by atoms with Crippen LogP contribution >= 0.6 is 0 Å². The number of halogens is 1. The van der Waals surface area contributed by atoms with Crippen molar-refractivity contribution in [2.45, 2.75) is 38.5 Å². The van der Waals surface area contributed by atoms with E-state index < -0.39 is 11.8 Å². The van der Waals surface area contributed by atoms with Crippen LogP contribution in [0, 0.1) is 5.82 Å². The number of amides is 2. The summed E-state index contributed by atoms with van der Waals surface area (Å²) in [5.41, 5.74) is 2.28. The normalized spacial score (nSPS) is 14.0. The summed E-state index contributed by atoms with van der Waals surface area (Å²) in [7, 11) is 0. The Morgan fingerprint density at radius 3 is 2.22 bits per heavy atom. The molecular formula is C18H23FN2O2. The summed E-state index contributed by atoms with van der Waals surface area (Å²) in [6.07, 6.45) is 8.28. The second-order valence-electron chi connectivity index (χ2n) is 5.75. The third-order valence-corrected chi connectivity index (χ3v) is 3.94. The molecule has 0 atom stereocenters. The van der Waals surface area contributed by atoms with Gasteiger partial charge in [0.1, 0.15) is 5.82 Å². The highest BCUT2D eigenvalue weighted by molar-refractivity contribution is 6.35. The van der Waals surface area contributed by atoms with Crippen LogP contribution in [0.5, 0.6) is 0 Å². The molecule has 5 heteroatoms. The second kappa shape index (κ2) is 9.08. The summed E-state index contributed by atoms with van der Waals surface area (Å²) in [5.74, 6) is -1.50. The Balaban J connectivity index is 1.61. The molecule has 0 radical (unpaired) electrons. The summed E-state index contributed by atoms with van der Waals surface area (Å²) < 4.78 is 12.8. The van der Waals surface area contributed by atoms with E-state index in [1.165, 1.54) is 30.5 Å². The highest BCUT2D eigenvalue weighted by Gasteiger charge is 2.12. The zero-order valence-corrected chi connectivity index (χ0v) is 13.2. The first kappa shape index (κ1) is 17.2. The van der Waals surface area contributed by atoms with Gasteiger partial charge in [-0.05, 0) is 56.2 Å². The lowest BCUT2D eigenvalue weighted by Crippen LogP contribution is -2.41. The summed E-state index contributed by atoms with van der Waals surface area (Å²) in [4.78, 5) is 23.4. The summed E-state index contributed by atoms with van der Waals surface area (Å²) in [6, 6.07) is 6.09. The van der Waals surface area contributed by atoms with Crippen LogP contribution < -0.4 is 10.6 Å². The summed E-state index contributed by atoms with van der Waals surface area (Å²) in [5, 5.41) is 5.22. The SMILES string of the molecule is O=C(NCCC1=CCCCC1)C(=O)NCCc1ccc(F)cc1. The van der Waals surface area contributed by atoms with Gasteiger partial charge in [0.2, 0.25) is 0 Å². The lowest BCUT2D eigenvalue weighted by Gasteiger charge is -2.12. The quantitative estimate of drug-likeness (QED) is 0.625. The van der Waals surface area contributed by atoms with Gasteiger partial charge in [-0.1, -0.05) is 23.8 Å². The van der Waals surface area contributed by atoms with Crippen LogP contribution in [0.15, 0.2) is 35.9 Å². The van der Waals surface area contributed by atoms with E-state index in [1.807, 2.05) is 0 Å². The lowest BCUT2D eigenvalue weighted by molar-refractivity contribution is -0.139. The van der Waals surface area contributed by atoms with Gasteiger partial charge in [0, 0.05) is 13.1 Å². The van der Waals surface area contributed by atoms with E-state index in [0.717, 1.165) is 24.8 Å². The van der Waals surface area contributed by atoms with Crippen molar-refractivity contribution in [2.75, 3.05) is 13.1 Å². The van der Waals surface area contributed by atoms with E-state index >= 15 is 0 Å². The largest absolute Gasteiger partial charge is 0.348 e. The average Bonchev–Trinajstić information content (AvgIpc) is 2.57. The van der Waals surface area contributed by atoms with Gasteiger partial charge in [-0.15, -0.1) is 0 Å². The van der Waals surface area contributed by atoms with Gasteiger partial charge in [0.25, 0.3) is 0 Å². The number of rotatable bonds is 6. The van der Waals surface area contributed by atoms with Crippen LogP contribution in [0.3, 0.4) is 0 Å². The highest BCUT2D eigenvalue weighted by Crippen LogP contribution is 2.19. The number of nitrogens with one attached hydrogen (secondary N) is 2. The number of hydrogen-bond donors (Lipinski definition) is 2. The smallest absolute Gasteiger partial charge is 0.309 e. The molecule has 2 amide bonds. The molecule has 2 rings (SSSR count). The fourth-order valence-corrected chi connectivity index (χ4v) is 2.60. The van der Waals surface area contributed by atoms with E-state index in [2.05, 4.69) is 16.7 Å². The Kier molecular flexibility index (Phi) is 6.78. The van der Waals surface area contributed by atoms with Gasteiger partial charge in [-0.2, -0.15) is 0 Å². The van der Waals surface area contributed by atoms with Gasteiger partial charge in [-0.25, -0.2) is 4.39 Å². The standard InChI is InChI=1S/C18H23FN2O2/c19-16-8-6-15(7-9-16)11-13-21-18(23)17(22)20-12-10-14-4-2-1-3-5-14/h4,6-9H,1-3,5,10-13H2,(H,20,22)(H,21,23). The van der Waals surface area contributed by atoms with Crippen molar-refractivity contribution in [3.05, 3.63) is 47.3 Å². The molecule has 0 aliphatic heterocycles. The van der Waals surface area contributed by atoms with Crippen LogP contribution in [0.1, 0.15) is 37.7 Å². The molecule has 0 saturated carbocycles. The molecule has 0 spiro atoms. The Bertz CT molecular complexity index is 567. The van der Waals surface area contributed by atoms with E-state index in [1.54, 1.807) is 12.1 Å². The molecule has 0 bridgehead atoms. The van der Waals surface area contributed by atoms with Crippen molar-refractivity contribution in [2.24, 2.45) is 0 Å². The van der Waals surface area contributed by atoms with E-state index in [-0.39, 0.29) is 5.82 Å². The van der Waals surface area contributed by atoms with Gasteiger partial charge in [-0.3, -0.25) is 9.59 Å². The first-order valence-electron chi connectivity index (χ1n) is 8.13. The number of carbonyl (C=O) groups excluding carboxylic acids is 2. The maximum Gasteiger partial charge on any atom is 0.309 e. The van der Waals surface area contributed by atoms with Crippen molar-refractivity contribution in [3.8, 4) is 0 Å². The van der Waals surface area contributed by atoms with Crippen molar-refractivity contribution < 1.29 is 14.0 Å². The molecule has 0 heterocycles. The highest BCUT2D eigenvalue weighted by atomic mass is 19.1. The lowest BCUT2D eigenvalue weighted by atomic mass is 9.97. The fourth-order valence-electron chi connectivity index (χ4n) is 2.60. The predicted molar refractivity (Wildman–Crippen MR) is 87.3 cm³/mol. The van der Waals surface area contributed by atoms with E-state index in [0.29, 0.717) is 19.5 Å². The molecule has 0 fully saturated rings. The van der Waals surface area contributed by atoms with Crippen molar-refractivity contribution in [1.29, 1.82) is 0 Å². The third-order valence-electron chi connectivity index (χ3n) is 3.94. The molecule has 1 aliphatic carbocycles. The van der Waals surface area contributed by atoms with Crippen LogP contribution in [-0.4, -0.2) is 24.9 Å². The number of allylic oxidation sites excluding steroid dienone is 1. The molecule has 1 aromatic carbocycles. The van der Waals surface area contributed by atoms with E-state index in [9.17, 15) is 14.0 Å². The minimum Gasteiger partial charge on any atom is -0.348 e. The fraction of sp³-hybridized carbons (Fsp3) is 0.444. The van der Waals surface area contributed by atoms with Crippen molar-refractivity contribution in [1.82, 2.24) is 10.6 Å². The average molecular weight is 318 g/mol. The van der Waals surface area contributed by atoms with Gasteiger partial charge in [0.05, 0.1) is 0 Å². The Morgan fingerprint density at radius 2 is 1.61 bits per heavy atom. The van der Waals surface area contributed by atoms with Gasteiger partial charge < -0.3 is 10.6 Å². The molecule has 2 N–H and O–H groups in total. The zero-order chi connectivity index (χ0) is 16.5. The van der Waals surface area contributed by atoms with Crippen molar-refractivity contribution in [3.63, 3.8) is 0 Å². The maximum atomic E-state index is 12.8. The molecule has 124 valence electrons. The zero-order valence-electron chi connectivity index (χ0n) is 13.2. The number of hydrogen-bond acceptors (Lipinski definition) is 2. The Labute approximate surface area is 136 Å². The van der Waals surface area contributed by atoms with Gasteiger partial charge in [0.15, 0.2) is 0 Å². The Morgan fingerprint density at radius 1 is 0.957 bits per heavy atom. The molecular weight excluding hydrogens is 295 g/mol. The van der Waals surface area contributed by atoms with Crippen LogP contribution in [0.2, 0.25) is 0 Å². The van der Waals surface area contributed by atoms with Crippen molar-refractivity contribution >= 4 is 11.8 Å². The first-order valence-corrected chi connectivity index (χ1v) is 8.13. The van der Waals surface area contributed by atoms with Gasteiger partial charge >= 0.3 is 11.8 Å². The minimum absolute atomic E-state index is 0.287. The number of benzene rings is 1. The Hall–Kier alpha value is -2.17. The van der Waals surface area contributed by atoms with E-state index in [4.69, 9.17) is 0 Å². The maximum absolute atomic E-state index is 12.8.